The molecule has 0 aliphatic carbocycles. The van der Waals surface area contributed by atoms with Crippen molar-refractivity contribution in [2.75, 3.05) is 26.2 Å². The third-order valence-electron chi connectivity index (χ3n) is 4.27. The van der Waals surface area contributed by atoms with Crippen molar-refractivity contribution in [2.24, 2.45) is 0 Å². The van der Waals surface area contributed by atoms with Crippen LogP contribution in [0, 0.1) is 0 Å². The van der Waals surface area contributed by atoms with Gasteiger partial charge in [-0.3, -0.25) is 9.80 Å². The van der Waals surface area contributed by atoms with E-state index in [1.54, 1.807) is 11.3 Å². The van der Waals surface area contributed by atoms with Gasteiger partial charge in [-0.15, -0.1) is 11.3 Å². The average Bonchev–Trinajstić information content (AvgIpc) is 3.10. The van der Waals surface area contributed by atoms with E-state index in [-0.39, 0.29) is 0 Å². The van der Waals surface area contributed by atoms with Crippen LogP contribution in [0.2, 0.25) is 5.15 Å². The minimum atomic E-state index is 0.579. The third-order valence-corrected chi connectivity index (χ3v) is 5.36. The fraction of sp³-hybridized carbons (Fsp3) is 0.600. The molecule has 0 radical (unpaired) electrons. The predicted octanol–water partition coefficient (Wildman–Crippen LogP) is 3.26. The van der Waals surface area contributed by atoms with Crippen LogP contribution in [0.1, 0.15) is 26.1 Å². The maximum absolute atomic E-state index is 6.24. The lowest BCUT2D eigenvalue weighted by Crippen LogP contribution is -2.37. The summed E-state index contributed by atoms with van der Waals surface area (Å²) in [5, 5.41) is 3.56. The van der Waals surface area contributed by atoms with Gasteiger partial charge in [-0.1, -0.05) is 25.4 Å². The lowest BCUT2D eigenvalue weighted by atomic mass is 10.2. The van der Waals surface area contributed by atoms with Gasteiger partial charge < -0.3 is 0 Å². The molecule has 2 aromatic heterocycles. The Kier molecular flexibility index (Phi) is 4.74. The smallest absolute Gasteiger partial charge is 0.145 e. The molecule has 4 nitrogen and oxygen atoms in total. The summed E-state index contributed by atoms with van der Waals surface area (Å²) in [6.45, 7) is 9.73. The summed E-state index contributed by atoms with van der Waals surface area (Å²) >= 11 is 7.87. The zero-order valence-electron chi connectivity index (χ0n) is 12.5. The fourth-order valence-corrected chi connectivity index (χ4v) is 4.21. The van der Waals surface area contributed by atoms with Crippen LogP contribution < -0.4 is 0 Å². The molecule has 6 heteroatoms. The summed E-state index contributed by atoms with van der Waals surface area (Å²) < 4.78 is 0. The first-order chi connectivity index (χ1) is 10.2. The number of thiophene rings is 1. The van der Waals surface area contributed by atoms with Gasteiger partial charge in [0.1, 0.15) is 15.8 Å². The molecule has 1 aliphatic heterocycles. The summed E-state index contributed by atoms with van der Waals surface area (Å²) in [6.07, 6.45) is 1.23. The maximum atomic E-state index is 6.24. The zero-order chi connectivity index (χ0) is 14.8. The molecule has 1 unspecified atom stereocenters. The second-order valence-electron chi connectivity index (χ2n) is 5.47. The van der Waals surface area contributed by atoms with Crippen LogP contribution in [0.5, 0.6) is 0 Å². The van der Waals surface area contributed by atoms with E-state index in [9.17, 15) is 0 Å². The summed E-state index contributed by atoms with van der Waals surface area (Å²) in [7, 11) is 0. The second-order valence-corrected chi connectivity index (χ2v) is 6.72. The number of nitrogens with zero attached hydrogens (tertiary/aromatic N) is 4. The Balaban J connectivity index is 1.69. The molecule has 0 spiro atoms. The van der Waals surface area contributed by atoms with E-state index in [1.165, 1.54) is 6.42 Å². The molecule has 0 amide bonds. The molecule has 0 bridgehead atoms. The largest absolute Gasteiger partial charge is 0.300 e. The number of likely N-dealkylation sites (N-methyl/N-ethyl adjacent to an activating group) is 1. The van der Waals surface area contributed by atoms with Gasteiger partial charge in [-0.05, 0) is 31.0 Å². The van der Waals surface area contributed by atoms with E-state index in [0.29, 0.717) is 11.2 Å². The number of hydrogen-bond donors (Lipinski definition) is 0. The molecule has 2 aromatic rings. The van der Waals surface area contributed by atoms with E-state index in [1.807, 2.05) is 11.4 Å². The summed E-state index contributed by atoms with van der Waals surface area (Å²) in [5.74, 6) is 0.843. The number of rotatable bonds is 5. The quantitative estimate of drug-likeness (QED) is 0.790. The molecule has 0 aromatic carbocycles. The maximum Gasteiger partial charge on any atom is 0.145 e. The van der Waals surface area contributed by atoms with Crippen LogP contribution in [0.4, 0.5) is 0 Å². The summed E-state index contributed by atoms with van der Waals surface area (Å²) in [6, 6.07) is 2.65. The molecule has 1 saturated heterocycles. The van der Waals surface area contributed by atoms with Gasteiger partial charge in [0, 0.05) is 24.5 Å². The van der Waals surface area contributed by atoms with E-state index in [0.717, 1.165) is 48.8 Å². The van der Waals surface area contributed by atoms with Gasteiger partial charge in [-0.25, -0.2) is 9.97 Å². The Morgan fingerprint density at radius 1 is 1.38 bits per heavy atom. The van der Waals surface area contributed by atoms with Crippen molar-refractivity contribution in [2.45, 2.75) is 32.9 Å². The van der Waals surface area contributed by atoms with Crippen molar-refractivity contribution in [3.63, 3.8) is 0 Å². The van der Waals surface area contributed by atoms with E-state index >= 15 is 0 Å². The fourth-order valence-electron chi connectivity index (χ4n) is 3.13. The van der Waals surface area contributed by atoms with Crippen molar-refractivity contribution >= 4 is 33.2 Å². The number of fused-ring (bicyclic) bond motifs is 1. The standard InChI is InChI=1S/C15H21ClN4S/c1-3-20(4-2)11-5-7-19(9-11)10-13-17-14(16)12-6-8-21-15(12)18-13/h6,8,11H,3-5,7,9-10H2,1-2H3. The Morgan fingerprint density at radius 3 is 2.95 bits per heavy atom. The first-order valence-corrected chi connectivity index (χ1v) is 8.83. The Labute approximate surface area is 134 Å². The number of likely N-dealkylation sites (tertiary alicyclic amines) is 1. The topological polar surface area (TPSA) is 32.3 Å². The van der Waals surface area contributed by atoms with Gasteiger partial charge in [-0.2, -0.15) is 0 Å². The van der Waals surface area contributed by atoms with Crippen molar-refractivity contribution < 1.29 is 0 Å². The molecule has 0 saturated carbocycles. The van der Waals surface area contributed by atoms with Crippen LogP contribution in [-0.2, 0) is 6.54 Å². The molecule has 1 fully saturated rings. The molecule has 1 atom stereocenters. The van der Waals surface area contributed by atoms with Gasteiger partial charge in [0.05, 0.1) is 6.54 Å². The molecular weight excluding hydrogens is 304 g/mol. The van der Waals surface area contributed by atoms with Crippen LogP contribution in [0.3, 0.4) is 0 Å². The first kappa shape index (κ1) is 15.2. The predicted molar refractivity (Wildman–Crippen MR) is 89.0 cm³/mol. The summed E-state index contributed by atoms with van der Waals surface area (Å²) in [5.41, 5.74) is 0. The highest BCUT2D eigenvalue weighted by Crippen LogP contribution is 2.25. The average molecular weight is 325 g/mol. The minimum Gasteiger partial charge on any atom is -0.300 e. The highest BCUT2D eigenvalue weighted by molar-refractivity contribution is 7.16. The highest BCUT2D eigenvalue weighted by Gasteiger charge is 2.26. The first-order valence-electron chi connectivity index (χ1n) is 7.57. The van der Waals surface area contributed by atoms with E-state index < -0.39 is 0 Å². The van der Waals surface area contributed by atoms with Gasteiger partial charge in [0.2, 0.25) is 0 Å². The molecule has 3 rings (SSSR count). The number of aromatic nitrogens is 2. The van der Waals surface area contributed by atoms with Crippen molar-refractivity contribution in [3.8, 4) is 0 Å². The molecular formula is C15H21ClN4S. The Hall–Kier alpha value is -0.750. The van der Waals surface area contributed by atoms with Crippen LogP contribution >= 0.6 is 22.9 Å². The molecule has 114 valence electrons. The normalized spacial score (nSPS) is 19.9. The SMILES string of the molecule is CCN(CC)C1CCN(Cc2nc(Cl)c3ccsc3n2)C1. The Morgan fingerprint density at radius 2 is 2.19 bits per heavy atom. The minimum absolute atomic E-state index is 0.579. The van der Waals surface area contributed by atoms with Gasteiger partial charge in [0.15, 0.2) is 0 Å². The monoisotopic (exact) mass is 324 g/mol. The number of hydrogen-bond acceptors (Lipinski definition) is 5. The van der Waals surface area contributed by atoms with Crippen LogP contribution in [-0.4, -0.2) is 52.0 Å². The molecule has 0 N–H and O–H groups in total. The van der Waals surface area contributed by atoms with Crippen molar-refractivity contribution in [1.29, 1.82) is 0 Å². The van der Waals surface area contributed by atoms with Crippen molar-refractivity contribution in [3.05, 3.63) is 22.4 Å². The Bertz CT molecular complexity index is 611. The summed E-state index contributed by atoms with van der Waals surface area (Å²) in [4.78, 5) is 15.1. The number of halogens is 1. The lowest BCUT2D eigenvalue weighted by molar-refractivity contribution is 0.208. The van der Waals surface area contributed by atoms with E-state index in [2.05, 4.69) is 33.6 Å². The lowest BCUT2D eigenvalue weighted by Gasteiger charge is -2.26. The van der Waals surface area contributed by atoms with Gasteiger partial charge in [0.25, 0.3) is 0 Å². The molecule has 21 heavy (non-hydrogen) atoms. The highest BCUT2D eigenvalue weighted by atomic mass is 35.5. The zero-order valence-corrected chi connectivity index (χ0v) is 14.1. The van der Waals surface area contributed by atoms with Gasteiger partial charge >= 0.3 is 0 Å². The van der Waals surface area contributed by atoms with Crippen LogP contribution in [0.15, 0.2) is 11.4 Å². The van der Waals surface area contributed by atoms with Crippen LogP contribution in [0.25, 0.3) is 10.2 Å². The third kappa shape index (κ3) is 3.21. The molecule has 1 aliphatic rings. The van der Waals surface area contributed by atoms with E-state index in [4.69, 9.17) is 11.6 Å². The van der Waals surface area contributed by atoms with Crippen molar-refractivity contribution in [1.82, 2.24) is 19.8 Å². The second kappa shape index (κ2) is 6.57. The molecule has 3 heterocycles.